The highest BCUT2D eigenvalue weighted by Crippen LogP contribution is 2.32. The lowest BCUT2D eigenvalue weighted by Gasteiger charge is -2.31. The first-order valence-electron chi connectivity index (χ1n) is 9.60. The van der Waals surface area contributed by atoms with Crippen molar-refractivity contribution >= 4 is 32.8 Å². The molecule has 8 nitrogen and oxygen atoms in total. The summed E-state index contributed by atoms with van der Waals surface area (Å²) in [6, 6.07) is 6.82. The molecule has 3 heterocycles. The third kappa shape index (κ3) is 4.88. The van der Waals surface area contributed by atoms with Gasteiger partial charge in [-0.15, -0.1) is 0 Å². The summed E-state index contributed by atoms with van der Waals surface area (Å²) in [5, 5.41) is 0.626. The van der Waals surface area contributed by atoms with E-state index in [0.717, 1.165) is 42.3 Å². The fourth-order valence-electron chi connectivity index (χ4n) is 3.31. The molecule has 0 amide bonds. The number of anilines is 2. The predicted molar refractivity (Wildman–Crippen MR) is 118 cm³/mol. The van der Waals surface area contributed by atoms with E-state index in [1.54, 1.807) is 42.9 Å². The Morgan fingerprint density at radius 1 is 1.10 bits per heavy atom. The van der Waals surface area contributed by atoms with Crippen molar-refractivity contribution in [3.63, 3.8) is 0 Å². The van der Waals surface area contributed by atoms with E-state index in [4.69, 9.17) is 10.5 Å². The van der Waals surface area contributed by atoms with Crippen molar-refractivity contribution in [2.45, 2.75) is 17.7 Å². The van der Waals surface area contributed by atoms with E-state index in [9.17, 15) is 8.42 Å². The maximum Gasteiger partial charge on any atom is 0.273 e. The van der Waals surface area contributed by atoms with Crippen LogP contribution in [0.5, 0.6) is 5.19 Å². The standard InChI is InChI=1S/C20H23N5O3S2/c1-30(26,27)17-4-2-15(3-5-17)18-12-24-20(29-18)28-13-14-6-8-25(9-7-14)19-22-10-16(21)11-23-19/h2-5,10-12,14H,6-9,13,21H2,1H3. The molecule has 0 saturated carbocycles. The second-order valence-electron chi connectivity index (χ2n) is 7.34. The number of nitrogen functional groups attached to an aromatic ring is 1. The lowest BCUT2D eigenvalue weighted by molar-refractivity contribution is 0.221. The van der Waals surface area contributed by atoms with E-state index >= 15 is 0 Å². The maximum atomic E-state index is 11.6. The number of rotatable bonds is 6. The normalized spacial score (nSPS) is 15.3. The van der Waals surface area contributed by atoms with Crippen molar-refractivity contribution in [3.05, 3.63) is 42.9 Å². The van der Waals surface area contributed by atoms with Crippen molar-refractivity contribution in [1.29, 1.82) is 0 Å². The summed E-state index contributed by atoms with van der Waals surface area (Å²) in [5.74, 6) is 1.17. The SMILES string of the molecule is CS(=O)(=O)c1ccc(-c2cnc(OCC3CCN(c4ncc(N)cn4)CC3)s2)cc1. The van der Waals surface area contributed by atoms with E-state index < -0.39 is 9.84 Å². The zero-order valence-electron chi connectivity index (χ0n) is 16.6. The average molecular weight is 446 g/mol. The summed E-state index contributed by atoms with van der Waals surface area (Å²) in [4.78, 5) is 16.3. The largest absolute Gasteiger partial charge is 0.470 e. The van der Waals surface area contributed by atoms with Crippen LogP contribution in [0.2, 0.25) is 0 Å². The Balaban J connectivity index is 1.29. The van der Waals surface area contributed by atoms with Crippen LogP contribution >= 0.6 is 11.3 Å². The van der Waals surface area contributed by atoms with Gasteiger partial charge >= 0.3 is 0 Å². The van der Waals surface area contributed by atoms with Crippen LogP contribution in [0.4, 0.5) is 11.6 Å². The highest BCUT2D eigenvalue weighted by molar-refractivity contribution is 7.90. The molecule has 0 aliphatic carbocycles. The highest BCUT2D eigenvalue weighted by Gasteiger charge is 2.22. The Labute approximate surface area is 179 Å². The lowest BCUT2D eigenvalue weighted by Crippen LogP contribution is -2.36. The summed E-state index contributed by atoms with van der Waals surface area (Å²) in [6.07, 6.45) is 8.22. The van der Waals surface area contributed by atoms with Crippen molar-refractivity contribution in [1.82, 2.24) is 15.0 Å². The van der Waals surface area contributed by atoms with Crippen LogP contribution in [0.1, 0.15) is 12.8 Å². The number of nitrogens with zero attached hydrogens (tertiary/aromatic N) is 4. The molecule has 0 radical (unpaired) electrons. The number of nitrogens with two attached hydrogens (primary N) is 1. The molecule has 1 aliphatic rings. The molecule has 158 valence electrons. The van der Waals surface area contributed by atoms with Gasteiger partial charge in [-0.25, -0.2) is 23.4 Å². The first kappa shape index (κ1) is 20.5. The Morgan fingerprint density at radius 3 is 2.40 bits per heavy atom. The molecule has 2 N–H and O–H groups in total. The molecule has 1 fully saturated rings. The fraction of sp³-hybridized carbons (Fsp3) is 0.350. The summed E-state index contributed by atoms with van der Waals surface area (Å²) in [7, 11) is -3.20. The first-order valence-corrected chi connectivity index (χ1v) is 12.3. The monoisotopic (exact) mass is 445 g/mol. The van der Waals surface area contributed by atoms with E-state index in [-0.39, 0.29) is 0 Å². The molecule has 2 aromatic heterocycles. The van der Waals surface area contributed by atoms with Crippen LogP contribution in [0.25, 0.3) is 10.4 Å². The molecule has 10 heteroatoms. The van der Waals surface area contributed by atoms with Gasteiger partial charge in [0.2, 0.25) is 5.95 Å². The first-order chi connectivity index (χ1) is 14.4. The van der Waals surface area contributed by atoms with Gasteiger partial charge in [0.1, 0.15) is 0 Å². The van der Waals surface area contributed by atoms with E-state index in [0.29, 0.717) is 28.3 Å². The second kappa shape index (κ2) is 8.57. The fourth-order valence-corrected chi connectivity index (χ4v) is 4.72. The molecular formula is C20H23N5O3S2. The van der Waals surface area contributed by atoms with E-state index in [1.807, 2.05) is 0 Å². The summed E-state index contributed by atoms with van der Waals surface area (Å²) in [5.41, 5.74) is 7.14. The Kier molecular flexibility index (Phi) is 5.87. The zero-order valence-corrected chi connectivity index (χ0v) is 18.2. The second-order valence-corrected chi connectivity index (χ2v) is 10.4. The number of ether oxygens (including phenoxy) is 1. The Bertz CT molecular complexity index is 1090. The molecule has 0 bridgehead atoms. The quantitative estimate of drug-likeness (QED) is 0.616. The zero-order chi connectivity index (χ0) is 21.1. The average Bonchev–Trinajstić information content (AvgIpc) is 3.22. The summed E-state index contributed by atoms with van der Waals surface area (Å²) in [6.45, 7) is 2.39. The molecule has 0 unspecified atom stereocenters. The van der Waals surface area contributed by atoms with Gasteiger partial charge in [-0.1, -0.05) is 23.5 Å². The minimum atomic E-state index is -3.20. The van der Waals surface area contributed by atoms with Crippen LogP contribution in [-0.2, 0) is 9.84 Å². The molecule has 30 heavy (non-hydrogen) atoms. The Morgan fingerprint density at radius 2 is 1.77 bits per heavy atom. The summed E-state index contributed by atoms with van der Waals surface area (Å²) >= 11 is 1.46. The van der Waals surface area contributed by atoms with Gasteiger partial charge in [-0.3, -0.25) is 0 Å². The number of piperidine rings is 1. The number of hydrogen-bond donors (Lipinski definition) is 1. The molecule has 0 spiro atoms. The van der Waals surface area contributed by atoms with Crippen LogP contribution in [0.3, 0.4) is 0 Å². The number of sulfone groups is 1. The smallest absolute Gasteiger partial charge is 0.273 e. The number of aromatic nitrogens is 3. The van der Waals surface area contributed by atoms with Gasteiger partial charge in [0.05, 0.1) is 34.5 Å². The van der Waals surface area contributed by atoms with Crippen LogP contribution in [-0.4, -0.2) is 49.3 Å². The van der Waals surface area contributed by atoms with Crippen LogP contribution in [0.15, 0.2) is 47.8 Å². The molecule has 4 rings (SSSR count). The van der Waals surface area contributed by atoms with Crippen molar-refractivity contribution < 1.29 is 13.2 Å². The van der Waals surface area contributed by atoms with Gasteiger partial charge < -0.3 is 15.4 Å². The van der Waals surface area contributed by atoms with E-state index in [2.05, 4.69) is 19.9 Å². The molecule has 1 aromatic carbocycles. The van der Waals surface area contributed by atoms with Gasteiger partial charge in [-0.05, 0) is 36.5 Å². The lowest BCUT2D eigenvalue weighted by atomic mass is 9.98. The molecule has 1 saturated heterocycles. The number of hydrogen-bond acceptors (Lipinski definition) is 9. The van der Waals surface area contributed by atoms with Gasteiger partial charge in [0.25, 0.3) is 5.19 Å². The van der Waals surface area contributed by atoms with Crippen LogP contribution < -0.4 is 15.4 Å². The van der Waals surface area contributed by atoms with E-state index in [1.165, 1.54) is 17.6 Å². The topological polar surface area (TPSA) is 111 Å². The van der Waals surface area contributed by atoms with Gasteiger partial charge in [-0.2, -0.15) is 0 Å². The minimum absolute atomic E-state index is 0.308. The van der Waals surface area contributed by atoms with Crippen molar-refractivity contribution in [2.75, 3.05) is 36.6 Å². The summed E-state index contributed by atoms with van der Waals surface area (Å²) < 4.78 is 29.1. The number of benzene rings is 1. The number of thiazole rings is 1. The molecular weight excluding hydrogens is 422 g/mol. The molecule has 3 aromatic rings. The van der Waals surface area contributed by atoms with Gasteiger partial charge in [0.15, 0.2) is 9.84 Å². The maximum absolute atomic E-state index is 11.6. The Hall–Kier alpha value is -2.72. The molecule has 0 atom stereocenters. The predicted octanol–water partition coefficient (Wildman–Crippen LogP) is 2.88. The van der Waals surface area contributed by atoms with Crippen molar-refractivity contribution in [2.24, 2.45) is 5.92 Å². The third-order valence-corrected chi connectivity index (χ3v) is 7.14. The highest BCUT2D eigenvalue weighted by atomic mass is 32.2. The van der Waals surface area contributed by atoms with Crippen molar-refractivity contribution in [3.8, 4) is 15.6 Å². The van der Waals surface area contributed by atoms with Gasteiger partial charge in [0, 0.05) is 25.5 Å². The minimum Gasteiger partial charge on any atom is -0.470 e. The molecule has 1 aliphatic heterocycles. The third-order valence-electron chi connectivity index (χ3n) is 5.05. The van der Waals surface area contributed by atoms with Crippen LogP contribution in [0, 0.1) is 5.92 Å².